The average molecular weight is 293 g/mol. The molecule has 0 saturated carbocycles. The van der Waals surface area contributed by atoms with Crippen LogP contribution in [0.25, 0.3) is 0 Å². The molecule has 1 aliphatic heterocycles. The average Bonchev–Trinajstić information content (AvgIpc) is 2.35. The summed E-state index contributed by atoms with van der Waals surface area (Å²) in [6.07, 6.45) is 0.254. The van der Waals surface area contributed by atoms with Crippen LogP contribution in [0.4, 0.5) is 0 Å². The van der Waals surface area contributed by atoms with Crippen molar-refractivity contribution in [2.45, 2.75) is 44.9 Å². The van der Waals surface area contributed by atoms with Crippen LogP contribution < -0.4 is 5.32 Å². The van der Waals surface area contributed by atoms with Crippen LogP contribution in [0.5, 0.6) is 5.75 Å². The number of fused-ring (bicyclic) bond motifs is 1. The molecular formula is C15H19NO5. The Bertz CT molecular complexity index is 576. The van der Waals surface area contributed by atoms with E-state index in [1.165, 1.54) is 12.1 Å². The van der Waals surface area contributed by atoms with Gasteiger partial charge in [-0.3, -0.25) is 10.1 Å². The second-order valence-corrected chi connectivity index (χ2v) is 6.11. The molecule has 2 rings (SSSR count). The quantitative estimate of drug-likeness (QED) is 0.713. The number of rotatable bonds is 2. The van der Waals surface area contributed by atoms with Gasteiger partial charge in [0.2, 0.25) is 0 Å². The van der Waals surface area contributed by atoms with Crippen molar-refractivity contribution in [2.75, 3.05) is 0 Å². The standard InChI is InChI=1S/C15H19NO5/c1-15(2,3)21-14(20)12-10-7-9(17)5-4-8(10)6-11(16-12)13(18)19/h4-5,7,11-12,16-17H,6H2,1-3H3,(H,18,19)/t11-,12+/m1/s1. The number of carbonyl (C=O) groups is 2. The fourth-order valence-electron chi connectivity index (χ4n) is 2.32. The van der Waals surface area contributed by atoms with Crippen LogP contribution in [-0.2, 0) is 20.7 Å². The summed E-state index contributed by atoms with van der Waals surface area (Å²) in [5, 5.41) is 21.6. The molecule has 1 aromatic carbocycles. The molecule has 0 fully saturated rings. The molecule has 0 bridgehead atoms. The third kappa shape index (κ3) is 3.52. The van der Waals surface area contributed by atoms with Gasteiger partial charge in [0, 0.05) is 0 Å². The topological polar surface area (TPSA) is 95.9 Å². The molecule has 0 aromatic heterocycles. The molecule has 2 atom stereocenters. The third-order valence-electron chi connectivity index (χ3n) is 3.17. The lowest BCUT2D eigenvalue weighted by Gasteiger charge is -2.32. The van der Waals surface area contributed by atoms with E-state index in [-0.39, 0.29) is 12.2 Å². The van der Waals surface area contributed by atoms with Crippen LogP contribution in [0.1, 0.15) is 37.9 Å². The lowest BCUT2D eigenvalue weighted by Crippen LogP contribution is -2.48. The van der Waals surface area contributed by atoms with Crippen molar-refractivity contribution in [1.82, 2.24) is 5.32 Å². The van der Waals surface area contributed by atoms with Gasteiger partial charge in [0.1, 0.15) is 23.4 Å². The lowest BCUT2D eigenvalue weighted by molar-refractivity contribution is -0.158. The third-order valence-corrected chi connectivity index (χ3v) is 3.17. The molecule has 0 unspecified atom stereocenters. The maximum atomic E-state index is 12.3. The number of carboxylic acid groups (broad SMARTS) is 1. The van der Waals surface area contributed by atoms with Crippen molar-refractivity contribution in [3.05, 3.63) is 29.3 Å². The number of esters is 1. The Balaban J connectivity index is 2.37. The second-order valence-electron chi connectivity index (χ2n) is 6.11. The van der Waals surface area contributed by atoms with Gasteiger partial charge in [-0.25, -0.2) is 4.79 Å². The van der Waals surface area contributed by atoms with E-state index < -0.39 is 29.6 Å². The zero-order chi connectivity index (χ0) is 15.8. The van der Waals surface area contributed by atoms with Crippen molar-refractivity contribution < 1.29 is 24.5 Å². The number of carbonyl (C=O) groups excluding carboxylic acids is 1. The minimum atomic E-state index is -1.03. The Morgan fingerprint density at radius 1 is 1.33 bits per heavy atom. The first-order valence-corrected chi connectivity index (χ1v) is 6.71. The maximum absolute atomic E-state index is 12.3. The van der Waals surface area contributed by atoms with Gasteiger partial charge < -0.3 is 14.9 Å². The molecule has 0 saturated heterocycles. The summed E-state index contributed by atoms with van der Waals surface area (Å²) in [4.78, 5) is 23.5. The molecule has 1 aromatic rings. The summed E-state index contributed by atoms with van der Waals surface area (Å²) >= 11 is 0. The number of hydrogen-bond donors (Lipinski definition) is 3. The predicted molar refractivity (Wildman–Crippen MR) is 75.0 cm³/mol. The summed E-state index contributed by atoms with van der Waals surface area (Å²) in [7, 11) is 0. The van der Waals surface area contributed by atoms with E-state index in [2.05, 4.69) is 5.32 Å². The van der Waals surface area contributed by atoms with Crippen molar-refractivity contribution in [3.63, 3.8) is 0 Å². The molecule has 0 radical (unpaired) electrons. The largest absolute Gasteiger partial charge is 0.508 e. The van der Waals surface area contributed by atoms with Crippen LogP contribution in [0.3, 0.4) is 0 Å². The van der Waals surface area contributed by atoms with Crippen LogP contribution in [0.15, 0.2) is 18.2 Å². The Morgan fingerprint density at radius 3 is 2.57 bits per heavy atom. The highest BCUT2D eigenvalue weighted by molar-refractivity contribution is 5.82. The Kier molecular flexibility index (Phi) is 3.91. The lowest BCUT2D eigenvalue weighted by atomic mass is 9.90. The first-order chi connectivity index (χ1) is 9.67. The highest BCUT2D eigenvalue weighted by Crippen LogP contribution is 2.30. The number of ether oxygens (including phenoxy) is 1. The van der Waals surface area contributed by atoms with Gasteiger partial charge in [-0.15, -0.1) is 0 Å². The molecule has 1 aliphatic rings. The first kappa shape index (κ1) is 15.3. The summed E-state index contributed by atoms with van der Waals surface area (Å²) in [5.74, 6) is -1.56. The molecule has 21 heavy (non-hydrogen) atoms. The minimum absolute atomic E-state index is 0.0258. The Morgan fingerprint density at radius 2 is 2.00 bits per heavy atom. The number of nitrogens with one attached hydrogen (secondary N) is 1. The molecule has 0 amide bonds. The Labute approximate surface area is 122 Å². The molecule has 0 aliphatic carbocycles. The van der Waals surface area contributed by atoms with Gasteiger partial charge in [0.15, 0.2) is 0 Å². The number of benzene rings is 1. The van der Waals surface area contributed by atoms with Gasteiger partial charge >= 0.3 is 11.9 Å². The number of phenolic OH excluding ortho intramolecular Hbond substituents is 1. The van der Waals surface area contributed by atoms with Crippen LogP contribution in [-0.4, -0.2) is 33.8 Å². The highest BCUT2D eigenvalue weighted by atomic mass is 16.6. The van der Waals surface area contributed by atoms with E-state index in [4.69, 9.17) is 4.74 Å². The van der Waals surface area contributed by atoms with Gasteiger partial charge in [0.25, 0.3) is 0 Å². The smallest absolute Gasteiger partial charge is 0.328 e. The minimum Gasteiger partial charge on any atom is -0.508 e. The maximum Gasteiger partial charge on any atom is 0.328 e. The molecule has 114 valence electrons. The normalized spacial score (nSPS) is 21.5. The fraction of sp³-hybridized carbons (Fsp3) is 0.467. The summed E-state index contributed by atoms with van der Waals surface area (Å²) in [6, 6.07) is 2.82. The van der Waals surface area contributed by atoms with E-state index in [0.717, 1.165) is 5.56 Å². The Hall–Kier alpha value is -2.08. The molecule has 6 nitrogen and oxygen atoms in total. The van der Waals surface area contributed by atoms with Crippen molar-refractivity contribution in [1.29, 1.82) is 0 Å². The van der Waals surface area contributed by atoms with E-state index in [1.807, 2.05) is 0 Å². The molecule has 0 spiro atoms. The fourth-order valence-corrected chi connectivity index (χ4v) is 2.32. The molecule has 3 N–H and O–H groups in total. The van der Waals surface area contributed by atoms with Gasteiger partial charge in [0.05, 0.1) is 0 Å². The zero-order valence-corrected chi connectivity index (χ0v) is 12.2. The highest BCUT2D eigenvalue weighted by Gasteiger charge is 2.36. The molecule has 6 heteroatoms. The second kappa shape index (κ2) is 5.37. The van der Waals surface area contributed by atoms with E-state index in [9.17, 15) is 19.8 Å². The molecular weight excluding hydrogens is 274 g/mol. The van der Waals surface area contributed by atoms with Crippen LogP contribution in [0, 0.1) is 0 Å². The zero-order valence-electron chi connectivity index (χ0n) is 12.2. The van der Waals surface area contributed by atoms with Gasteiger partial charge in [-0.1, -0.05) is 6.07 Å². The number of carboxylic acids is 1. The number of phenols is 1. The number of aliphatic carboxylic acids is 1. The van der Waals surface area contributed by atoms with Crippen molar-refractivity contribution in [3.8, 4) is 5.75 Å². The van der Waals surface area contributed by atoms with Gasteiger partial charge in [-0.05, 0) is 50.5 Å². The predicted octanol–water partition coefficient (Wildman–Crippen LogP) is 1.37. The summed E-state index contributed by atoms with van der Waals surface area (Å²) in [6.45, 7) is 5.23. The monoisotopic (exact) mass is 293 g/mol. The van der Waals surface area contributed by atoms with E-state index in [0.29, 0.717) is 5.56 Å². The number of aromatic hydroxyl groups is 1. The van der Waals surface area contributed by atoms with Gasteiger partial charge in [-0.2, -0.15) is 0 Å². The van der Waals surface area contributed by atoms with Crippen LogP contribution >= 0.6 is 0 Å². The summed E-state index contributed by atoms with van der Waals surface area (Å²) < 4.78 is 5.33. The van der Waals surface area contributed by atoms with Crippen LogP contribution in [0.2, 0.25) is 0 Å². The first-order valence-electron chi connectivity index (χ1n) is 6.71. The molecule has 1 heterocycles. The SMILES string of the molecule is CC(C)(C)OC(=O)[C@H]1N[C@@H](C(=O)O)Cc2ccc(O)cc21. The van der Waals surface area contributed by atoms with E-state index in [1.54, 1.807) is 26.8 Å². The summed E-state index contributed by atoms with van der Waals surface area (Å²) in [5.41, 5.74) is 0.600. The van der Waals surface area contributed by atoms with Crippen molar-refractivity contribution >= 4 is 11.9 Å². The number of hydrogen-bond acceptors (Lipinski definition) is 5. The van der Waals surface area contributed by atoms with E-state index >= 15 is 0 Å². The van der Waals surface area contributed by atoms with Crippen molar-refractivity contribution in [2.24, 2.45) is 0 Å².